The number of benzene rings is 8. The first kappa shape index (κ1) is 40.1. The fraction of sp³-hybridized carbons (Fsp3) is 0.109. The molecule has 2 heterocycles. The molecular weight excluding hydrogens is 825 g/mol. The van der Waals surface area contributed by atoms with Gasteiger partial charge < -0.3 is 15.1 Å². The summed E-state index contributed by atoms with van der Waals surface area (Å²) in [5.74, 6) is 0. The van der Waals surface area contributed by atoms with Crippen molar-refractivity contribution in [3.05, 3.63) is 264 Å². The smallest absolute Gasteiger partial charge is 0.0879 e. The van der Waals surface area contributed by atoms with Crippen LogP contribution in [0.2, 0.25) is 0 Å². The van der Waals surface area contributed by atoms with Crippen molar-refractivity contribution >= 4 is 50.0 Å². The van der Waals surface area contributed by atoms with Crippen LogP contribution in [0, 0.1) is 0 Å². The molecule has 4 heteroatoms. The molecular formula is C64H50N4. The summed E-state index contributed by atoms with van der Waals surface area (Å²) >= 11 is 0. The highest BCUT2D eigenvalue weighted by Crippen LogP contribution is 2.67. The van der Waals surface area contributed by atoms with Gasteiger partial charge in [0.05, 0.1) is 22.8 Å². The Balaban J connectivity index is 1.24. The minimum Gasteiger partial charge on any atom is -0.383 e. The average molecular weight is 875 g/mol. The molecule has 0 bridgehead atoms. The number of para-hydroxylation sites is 3. The van der Waals surface area contributed by atoms with Gasteiger partial charge in [-0.3, -0.25) is 4.98 Å². The molecule has 1 N–H and O–H groups in total. The van der Waals surface area contributed by atoms with Crippen molar-refractivity contribution in [3.8, 4) is 22.3 Å². The van der Waals surface area contributed by atoms with E-state index in [1.54, 1.807) is 0 Å². The van der Waals surface area contributed by atoms with Gasteiger partial charge in [0, 0.05) is 51.2 Å². The van der Waals surface area contributed by atoms with E-state index in [0.29, 0.717) is 0 Å². The molecule has 0 fully saturated rings. The third-order valence-corrected chi connectivity index (χ3v) is 15.0. The fourth-order valence-electron chi connectivity index (χ4n) is 12.1. The van der Waals surface area contributed by atoms with Crippen molar-refractivity contribution in [2.24, 2.45) is 0 Å². The zero-order valence-corrected chi connectivity index (χ0v) is 38.3. The van der Waals surface area contributed by atoms with Crippen molar-refractivity contribution in [1.82, 2.24) is 10.3 Å². The van der Waals surface area contributed by atoms with Gasteiger partial charge in [0.15, 0.2) is 0 Å². The predicted octanol–water partition coefficient (Wildman–Crippen LogP) is 15.9. The van der Waals surface area contributed by atoms with Crippen LogP contribution in [0.25, 0.3) is 43.8 Å². The first-order chi connectivity index (χ1) is 33.5. The van der Waals surface area contributed by atoms with Crippen molar-refractivity contribution < 1.29 is 0 Å². The topological polar surface area (TPSA) is 31.4 Å². The SMILES string of the molecule is CC1(C)c2ccccc2-c2c1cc1c(c2N(c2ccccc2)c2ccccc2)-c2c(c3ccc(N(C4=CCCC=C4)c4ccccc4)cc3c3ccccc23)C1(c1ccccn1)C1C=CC=CN1. The lowest BCUT2D eigenvalue weighted by molar-refractivity contribution is 0.491. The highest BCUT2D eigenvalue weighted by atomic mass is 15.2. The van der Waals surface area contributed by atoms with E-state index in [4.69, 9.17) is 4.98 Å². The third kappa shape index (κ3) is 5.83. The lowest BCUT2D eigenvalue weighted by Gasteiger charge is -2.40. The first-order valence-corrected chi connectivity index (χ1v) is 24.0. The second kappa shape index (κ2) is 15.7. The van der Waals surface area contributed by atoms with Crippen LogP contribution in [0.3, 0.4) is 0 Å². The van der Waals surface area contributed by atoms with Crippen LogP contribution in [0.1, 0.15) is 54.6 Å². The van der Waals surface area contributed by atoms with Crippen molar-refractivity contribution in [3.63, 3.8) is 0 Å². The van der Waals surface area contributed by atoms with Crippen molar-refractivity contribution in [1.29, 1.82) is 0 Å². The summed E-state index contributed by atoms with van der Waals surface area (Å²) in [5, 5.41) is 8.83. The molecule has 0 saturated heterocycles. The monoisotopic (exact) mass is 874 g/mol. The molecule has 2 atom stereocenters. The van der Waals surface area contributed by atoms with E-state index in [1.807, 2.05) is 6.20 Å². The number of nitrogens with one attached hydrogen (secondary N) is 1. The zero-order chi connectivity index (χ0) is 45.4. The van der Waals surface area contributed by atoms with E-state index >= 15 is 0 Å². The number of aromatic nitrogens is 1. The van der Waals surface area contributed by atoms with Gasteiger partial charge in [-0.05, 0) is 147 Å². The molecule has 326 valence electrons. The number of allylic oxidation sites excluding steroid dienone is 5. The molecule has 1 aliphatic heterocycles. The fourth-order valence-corrected chi connectivity index (χ4v) is 12.1. The lowest BCUT2D eigenvalue weighted by atomic mass is 9.66. The van der Waals surface area contributed by atoms with E-state index in [2.05, 4.69) is 254 Å². The summed E-state index contributed by atoms with van der Waals surface area (Å²) in [4.78, 5) is 10.4. The highest BCUT2D eigenvalue weighted by Gasteiger charge is 2.55. The Bertz CT molecular complexity index is 3530. The quantitative estimate of drug-likeness (QED) is 0.154. The minimum absolute atomic E-state index is 0.190. The Morgan fingerprint density at radius 3 is 1.88 bits per heavy atom. The molecule has 0 spiro atoms. The van der Waals surface area contributed by atoms with E-state index < -0.39 is 5.41 Å². The third-order valence-electron chi connectivity index (χ3n) is 15.0. The number of hydrogen-bond donors (Lipinski definition) is 1. The summed E-state index contributed by atoms with van der Waals surface area (Å²) < 4.78 is 0. The molecule has 0 amide bonds. The summed E-state index contributed by atoms with van der Waals surface area (Å²) in [6.45, 7) is 4.83. The normalized spacial score (nSPS) is 18.1. The maximum absolute atomic E-state index is 5.46. The highest BCUT2D eigenvalue weighted by molar-refractivity contribution is 6.22. The van der Waals surface area contributed by atoms with Gasteiger partial charge in [-0.25, -0.2) is 0 Å². The van der Waals surface area contributed by atoms with Gasteiger partial charge in [-0.2, -0.15) is 0 Å². The largest absolute Gasteiger partial charge is 0.383 e. The van der Waals surface area contributed by atoms with Crippen LogP contribution in [0.4, 0.5) is 28.4 Å². The Kier molecular flexibility index (Phi) is 9.26. The number of nitrogens with zero attached hydrogens (tertiary/aromatic N) is 3. The molecule has 0 saturated carbocycles. The average Bonchev–Trinajstić information content (AvgIpc) is 3.84. The molecule has 8 aromatic carbocycles. The number of dihydropyridines is 1. The molecule has 3 aliphatic carbocycles. The second-order valence-corrected chi connectivity index (χ2v) is 19.0. The van der Waals surface area contributed by atoms with Gasteiger partial charge in [0.2, 0.25) is 0 Å². The summed E-state index contributed by atoms with van der Waals surface area (Å²) in [7, 11) is 0. The van der Waals surface area contributed by atoms with E-state index in [-0.39, 0.29) is 11.5 Å². The van der Waals surface area contributed by atoms with Crippen LogP contribution in [-0.4, -0.2) is 11.0 Å². The predicted molar refractivity (Wildman–Crippen MR) is 283 cm³/mol. The van der Waals surface area contributed by atoms with E-state index in [9.17, 15) is 0 Å². The molecule has 0 radical (unpaired) electrons. The van der Waals surface area contributed by atoms with Crippen molar-refractivity contribution in [2.45, 2.75) is 43.6 Å². The maximum atomic E-state index is 5.46. The zero-order valence-electron chi connectivity index (χ0n) is 38.3. The number of hydrogen-bond acceptors (Lipinski definition) is 4. The molecule has 4 nitrogen and oxygen atoms in total. The summed E-state index contributed by atoms with van der Waals surface area (Å²) in [5.41, 5.74) is 17.0. The maximum Gasteiger partial charge on any atom is 0.0879 e. The van der Waals surface area contributed by atoms with Crippen LogP contribution < -0.4 is 15.1 Å². The summed E-state index contributed by atoms with van der Waals surface area (Å²) in [6, 6.07) is 67.1. The van der Waals surface area contributed by atoms with Crippen LogP contribution in [0.5, 0.6) is 0 Å². The van der Waals surface area contributed by atoms with Gasteiger partial charge in [-0.1, -0.05) is 159 Å². The number of anilines is 5. The summed E-state index contributed by atoms with van der Waals surface area (Å²) in [6.07, 6.45) is 19.8. The molecule has 4 aliphatic rings. The standard InChI is InChI=1S/C64H50N4/c1-63(2)53-34-18-17-33-51(53)58-54(63)42-55-60(62(58)68(45-27-11-5-12-28-45)46-29-13-6-14-30-46)59-49-32-16-15-31-48(49)52-41-47(67(43-23-7-3-8-24-43)44-25-9-4-10-26-44)37-38-50(52)61(59)64(55,56-35-19-21-39-65-56)57-36-20-22-40-66-57/h3,5-9,11-42,56,65H,4,10H2,1-2H3. The van der Waals surface area contributed by atoms with Gasteiger partial charge >= 0.3 is 0 Å². The van der Waals surface area contributed by atoms with Gasteiger partial charge in [-0.15, -0.1) is 0 Å². The molecule has 2 unspecified atom stereocenters. The molecule has 9 aromatic rings. The molecule has 13 rings (SSSR count). The lowest BCUT2D eigenvalue weighted by Crippen LogP contribution is -2.47. The van der Waals surface area contributed by atoms with E-state index in [0.717, 1.165) is 41.3 Å². The molecule has 68 heavy (non-hydrogen) atoms. The molecule has 1 aromatic heterocycles. The van der Waals surface area contributed by atoms with Gasteiger partial charge in [0.25, 0.3) is 0 Å². The number of fused-ring (bicyclic) bond motifs is 11. The Morgan fingerprint density at radius 1 is 0.529 bits per heavy atom. The van der Waals surface area contributed by atoms with Crippen LogP contribution in [0.15, 0.2) is 237 Å². The van der Waals surface area contributed by atoms with Gasteiger partial charge in [0.1, 0.15) is 0 Å². The van der Waals surface area contributed by atoms with Crippen LogP contribution >= 0.6 is 0 Å². The Morgan fingerprint density at radius 2 is 1.21 bits per heavy atom. The number of pyridine rings is 1. The first-order valence-electron chi connectivity index (χ1n) is 24.0. The van der Waals surface area contributed by atoms with Crippen LogP contribution in [-0.2, 0) is 10.8 Å². The second-order valence-electron chi connectivity index (χ2n) is 19.0. The minimum atomic E-state index is -0.793. The number of rotatable bonds is 8. The Hall–Kier alpha value is -8.21. The Labute approximate surface area is 398 Å². The van der Waals surface area contributed by atoms with E-state index in [1.165, 1.54) is 77.4 Å². The van der Waals surface area contributed by atoms with Crippen molar-refractivity contribution in [2.75, 3.05) is 9.80 Å².